The molecule has 0 aromatic heterocycles. The Morgan fingerprint density at radius 2 is 2.44 bits per heavy atom. The zero-order valence-electron chi connectivity index (χ0n) is 9.61. The number of aliphatic hydroxyl groups excluding tert-OH is 1. The second-order valence-electron chi connectivity index (χ2n) is 4.11. The highest BCUT2D eigenvalue weighted by atomic mass is 16.2. The zero-order chi connectivity index (χ0) is 11.8. The van der Waals surface area contributed by atoms with Crippen molar-refractivity contribution in [3.05, 3.63) is 0 Å². The lowest BCUT2D eigenvalue weighted by molar-refractivity contribution is -0.122. The first-order valence-corrected chi connectivity index (χ1v) is 5.83. The molecule has 2 N–H and O–H groups in total. The van der Waals surface area contributed by atoms with E-state index in [0.717, 1.165) is 32.2 Å². The van der Waals surface area contributed by atoms with Crippen LogP contribution in [0.1, 0.15) is 25.7 Å². The summed E-state index contributed by atoms with van der Waals surface area (Å²) in [6, 6.07) is 0.448. The summed E-state index contributed by atoms with van der Waals surface area (Å²) in [6.45, 7) is 1.93. The third-order valence-corrected chi connectivity index (χ3v) is 2.93. The molecule has 16 heavy (non-hydrogen) atoms. The Kier molecular flexibility index (Phi) is 5.91. The first-order chi connectivity index (χ1) is 7.77. The largest absolute Gasteiger partial charge is 0.396 e. The van der Waals surface area contributed by atoms with Crippen molar-refractivity contribution in [2.24, 2.45) is 0 Å². The van der Waals surface area contributed by atoms with Gasteiger partial charge in [0.2, 0.25) is 5.91 Å². The topological polar surface area (TPSA) is 52.6 Å². The van der Waals surface area contributed by atoms with Crippen LogP contribution in [0.3, 0.4) is 0 Å². The van der Waals surface area contributed by atoms with Crippen LogP contribution in [-0.4, -0.2) is 48.2 Å². The minimum atomic E-state index is -0.00570. The van der Waals surface area contributed by atoms with Crippen LogP contribution < -0.4 is 5.32 Å². The average Bonchev–Trinajstić information content (AvgIpc) is 2.71. The van der Waals surface area contributed by atoms with Gasteiger partial charge in [-0.1, -0.05) is 5.92 Å². The van der Waals surface area contributed by atoms with Crippen LogP contribution in [0.25, 0.3) is 0 Å². The van der Waals surface area contributed by atoms with E-state index in [0.29, 0.717) is 19.1 Å². The zero-order valence-corrected chi connectivity index (χ0v) is 9.61. The summed E-state index contributed by atoms with van der Waals surface area (Å²) in [7, 11) is 0. The number of hydrogen-bond donors (Lipinski definition) is 2. The van der Waals surface area contributed by atoms with Gasteiger partial charge in [0.15, 0.2) is 0 Å². The van der Waals surface area contributed by atoms with E-state index in [2.05, 4.69) is 16.1 Å². The fourth-order valence-electron chi connectivity index (χ4n) is 2.15. The lowest BCUT2D eigenvalue weighted by atomic mass is 10.1. The molecule has 1 unspecified atom stereocenters. The highest BCUT2D eigenvalue weighted by Crippen LogP contribution is 2.20. The number of hydrogen-bond acceptors (Lipinski definition) is 3. The lowest BCUT2D eigenvalue weighted by Crippen LogP contribution is -2.39. The van der Waals surface area contributed by atoms with E-state index in [-0.39, 0.29) is 12.5 Å². The Balaban J connectivity index is 2.29. The number of likely N-dealkylation sites (tertiary alicyclic amines) is 1. The van der Waals surface area contributed by atoms with E-state index < -0.39 is 0 Å². The van der Waals surface area contributed by atoms with Gasteiger partial charge in [0, 0.05) is 12.6 Å². The van der Waals surface area contributed by atoms with Crippen molar-refractivity contribution in [1.82, 2.24) is 10.2 Å². The summed E-state index contributed by atoms with van der Waals surface area (Å²) in [5.74, 6) is 2.38. The van der Waals surface area contributed by atoms with E-state index >= 15 is 0 Å². The van der Waals surface area contributed by atoms with Crippen LogP contribution in [0.15, 0.2) is 0 Å². The van der Waals surface area contributed by atoms with Crippen LogP contribution in [0, 0.1) is 12.3 Å². The Bertz CT molecular complexity index is 260. The maximum atomic E-state index is 11.5. The monoisotopic (exact) mass is 224 g/mol. The molecule has 0 aromatic carbocycles. The molecule has 1 rings (SSSR count). The fourth-order valence-corrected chi connectivity index (χ4v) is 2.15. The van der Waals surface area contributed by atoms with Crippen LogP contribution in [0.5, 0.6) is 0 Å². The predicted octanol–water partition coefficient (Wildman–Crippen LogP) is -0.0273. The van der Waals surface area contributed by atoms with Gasteiger partial charge in [0.25, 0.3) is 0 Å². The van der Waals surface area contributed by atoms with Crippen molar-refractivity contribution in [1.29, 1.82) is 0 Å². The number of nitrogens with one attached hydrogen (secondary N) is 1. The minimum absolute atomic E-state index is 0.00570. The molecule has 0 saturated carbocycles. The van der Waals surface area contributed by atoms with Gasteiger partial charge in [-0.2, -0.15) is 0 Å². The van der Waals surface area contributed by atoms with Crippen molar-refractivity contribution < 1.29 is 9.90 Å². The van der Waals surface area contributed by atoms with Gasteiger partial charge in [-0.25, -0.2) is 0 Å². The molecule has 1 atom stereocenters. The van der Waals surface area contributed by atoms with Gasteiger partial charge in [-0.15, -0.1) is 6.42 Å². The van der Waals surface area contributed by atoms with Crippen molar-refractivity contribution in [2.75, 3.05) is 26.2 Å². The second kappa shape index (κ2) is 7.26. The molecule has 0 radical (unpaired) electrons. The quantitative estimate of drug-likeness (QED) is 0.623. The molecular weight excluding hydrogens is 204 g/mol. The number of nitrogens with zero attached hydrogens (tertiary/aromatic N) is 1. The molecule has 4 heteroatoms. The van der Waals surface area contributed by atoms with Gasteiger partial charge in [0.1, 0.15) is 0 Å². The minimum Gasteiger partial charge on any atom is -0.396 e. The molecule has 1 heterocycles. The van der Waals surface area contributed by atoms with Gasteiger partial charge in [-0.3, -0.25) is 9.69 Å². The molecule has 0 spiro atoms. The van der Waals surface area contributed by atoms with Crippen LogP contribution in [0.4, 0.5) is 0 Å². The van der Waals surface area contributed by atoms with Gasteiger partial charge in [0.05, 0.1) is 13.1 Å². The number of rotatable bonds is 6. The first-order valence-electron chi connectivity index (χ1n) is 5.83. The van der Waals surface area contributed by atoms with Crippen molar-refractivity contribution in [3.63, 3.8) is 0 Å². The number of carbonyl (C=O) groups is 1. The number of terminal acetylenes is 1. The third-order valence-electron chi connectivity index (χ3n) is 2.93. The number of carbonyl (C=O) groups excluding carboxylic acids is 1. The van der Waals surface area contributed by atoms with Crippen LogP contribution in [0.2, 0.25) is 0 Å². The van der Waals surface area contributed by atoms with E-state index in [1.807, 2.05) is 0 Å². The molecule has 1 saturated heterocycles. The van der Waals surface area contributed by atoms with Gasteiger partial charge < -0.3 is 10.4 Å². The van der Waals surface area contributed by atoms with Crippen molar-refractivity contribution in [3.8, 4) is 12.3 Å². The fraction of sp³-hybridized carbons (Fsp3) is 0.750. The second-order valence-corrected chi connectivity index (χ2v) is 4.11. The third kappa shape index (κ3) is 4.21. The molecule has 1 aliphatic heterocycles. The maximum Gasteiger partial charge on any atom is 0.234 e. The Hall–Kier alpha value is -1.05. The standard InChI is InChI=1S/C12H20N2O2/c1-2-7-13-12(16)10-14-8-3-5-11(14)6-4-9-15/h1,11,15H,3-10H2,(H,13,16). The SMILES string of the molecule is C#CCNC(=O)CN1CCCC1CCCO. The van der Waals surface area contributed by atoms with E-state index in [4.69, 9.17) is 11.5 Å². The first kappa shape index (κ1) is 13.0. The van der Waals surface area contributed by atoms with Crippen molar-refractivity contribution >= 4 is 5.91 Å². The summed E-state index contributed by atoms with van der Waals surface area (Å²) in [6.07, 6.45) is 9.12. The summed E-state index contributed by atoms with van der Waals surface area (Å²) >= 11 is 0. The molecule has 0 aromatic rings. The molecular formula is C12H20N2O2. The smallest absolute Gasteiger partial charge is 0.234 e. The molecule has 1 aliphatic rings. The number of amides is 1. The normalized spacial score (nSPS) is 20.6. The van der Waals surface area contributed by atoms with E-state index in [1.54, 1.807) is 0 Å². The molecule has 1 fully saturated rings. The highest BCUT2D eigenvalue weighted by molar-refractivity contribution is 5.78. The maximum absolute atomic E-state index is 11.5. The summed E-state index contributed by atoms with van der Waals surface area (Å²) < 4.78 is 0. The molecule has 90 valence electrons. The summed E-state index contributed by atoms with van der Waals surface area (Å²) in [5, 5.41) is 11.5. The molecule has 1 amide bonds. The Morgan fingerprint density at radius 1 is 1.62 bits per heavy atom. The highest BCUT2D eigenvalue weighted by Gasteiger charge is 2.25. The molecule has 0 bridgehead atoms. The summed E-state index contributed by atoms with van der Waals surface area (Å²) in [4.78, 5) is 13.7. The van der Waals surface area contributed by atoms with E-state index in [1.165, 1.54) is 0 Å². The van der Waals surface area contributed by atoms with Crippen molar-refractivity contribution in [2.45, 2.75) is 31.7 Å². The lowest BCUT2D eigenvalue weighted by Gasteiger charge is -2.23. The summed E-state index contributed by atoms with van der Waals surface area (Å²) in [5.41, 5.74) is 0. The predicted molar refractivity (Wildman–Crippen MR) is 62.8 cm³/mol. The Labute approximate surface area is 97.0 Å². The number of aliphatic hydroxyl groups is 1. The molecule has 4 nitrogen and oxygen atoms in total. The Morgan fingerprint density at radius 3 is 3.12 bits per heavy atom. The van der Waals surface area contributed by atoms with Gasteiger partial charge in [-0.05, 0) is 32.2 Å². The average molecular weight is 224 g/mol. The van der Waals surface area contributed by atoms with Gasteiger partial charge >= 0.3 is 0 Å². The van der Waals surface area contributed by atoms with Crippen LogP contribution in [-0.2, 0) is 4.79 Å². The molecule has 0 aliphatic carbocycles. The van der Waals surface area contributed by atoms with E-state index in [9.17, 15) is 4.79 Å². The van der Waals surface area contributed by atoms with Crippen LogP contribution >= 0.6 is 0 Å².